The molecule has 180 valence electrons. The van der Waals surface area contributed by atoms with Gasteiger partial charge in [-0.3, -0.25) is 9.59 Å². The van der Waals surface area contributed by atoms with Crippen LogP contribution < -0.4 is 0 Å². The summed E-state index contributed by atoms with van der Waals surface area (Å²) >= 11 is 0. The van der Waals surface area contributed by atoms with Gasteiger partial charge in [0.1, 0.15) is 12.2 Å². The monoisotopic (exact) mass is 450 g/mol. The Morgan fingerprint density at radius 1 is 1.12 bits per heavy atom. The molecule has 0 aromatic carbocycles. The maximum atomic E-state index is 12.4. The second kappa shape index (κ2) is 7.81. The molecule has 0 aliphatic heterocycles. The number of carbonyl (C=O) groups excluding carboxylic acids is 2. The molecule has 10 unspecified atom stereocenters. The van der Waals surface area contributed by atoms with Gasteiger partial charge in [-0.15, -0.1) is 0 Å². The molecule has 7 heteroatoms. The van der Waals surface area contributed by atoms with E-state index < -0.39 is 47.4 Å². The minimum atomic E-state index is -1.18. The highest BCUT2D eigenvalue weighted by atomic mass is 16.6. The minimum absolute atomic E-state index is 0.212. The zero-order valence-electron chi connectivity index (χ0n) is 19.8. The van der Waals surface area contributed by atoms with E-state index in [9.17, 15) is 24.9 Å². The molecule has 3 saturated carbocycles. The second-order valence-electron chi connectivity index (χ2n) is 11.1. The van der Waals surface area contributed by atoms with E-state index >= 15 is 0 Å². The Hall–Kier alpha value is -1.44. The van der Waals surface area contributed by atoms with Crippen LogP contribution in [0.15, 0.2) is 11.6 Å². The van der Waals surface area contributed by atoms with Crippen molar-refractivity contribution in [1.29, 1.82) is 0 Å². The zero-order chi connectivity index (χ0) is 23.6. The topological polar surface area (TPSA) is 113 Å². The molecule has 0 radical (unpaired) electrons. The summed E-state index contributed by atoms with van der Waals surface area (Å²) in [5, 5.41) is 33.3. The molecule has 4 aliphatic rings. The summed E-state index contributed by atoms with van der Waals surface area (Å²) in [7, 11) is 0. The van der Waals surface area contributed by atoms with Crippen molar-refractivity contribution in [3.8, 4) is 0 Å². The van der Waals surface area contributed by atoms with Crippen molar-refractivity contribution in [3.63, 3.8) is 0 Å². The first-order valence-electron chi connectivity index (χ1n) is 12.0. The predicted octanol–water partition coefficient (Wildman–Crippen LogP) is 2.51. The molecule has 7 nitrogen and oxygen atoms in total. The molecule has 4 aliphatic carbocycles. The summed E-state index contributed by atoms with van der Waals surface area (Å²) in [6.45, 7) is 8.43. The third-order valence-corrected chi connectivity index (χ3v) is 9.55. The molecule has 4 rings (SSSR count). The van der Waals surface area contributed by atoms with Crippen molar-refractivity contribution < 1.29 is 34.4 Å². The molecule has 0 bridgehead atoms. The van der Waals surface area contributed by atoms with Crippen molar-refractivity contribution in [2.45, 2.75) is 103 Å². The lowest BCUT2D eigenvalue weighted by atomic mass is 9.43. The molecule has 0 aromatic rings. The third kappa shape index (κ3) is 3.18. The fourth-order valence-corrected chi connectivity index (χ4v) is 8.13. The van der Waals surface area contributed by atoms with Crippen LogP contribution in [0.3, 0.4) is 0 Å². The van der Waals surface area contributed by atoms with E-state index in [1.807, 2.05) is 6.92 Å². The van der Waals surface area contributed by atoms with Crippen LogP contribution in [0.1, 0.15) is 73.1 Å². The van der Waals surface area contributed by atoms with Gasteiger partial charge in [-0.1, -0.05) is 25.5 Å². The quantitative estimate of drug-likeness (QED) is 0.447. The molecule has 3 fully saturated rings. The van der Waals surface area contributed by atoms with Gasteiger partial charge in [-0.05, 0) is 62.7 Å². The van der Waals surface area contributed by atoms with Crippen LogP contribution in [-0.4, -0.2) is 57.3 Å². The van der Waals surface area contributed by atoms with Gasteiger partial charge >= 0.3 is 11.9 Å². The standard InChI is InChI=1S/C25H38O7/c1-13(26)18-9-11-25(30)19-7-6-16-12-17(29)8-10-23(16,4)20(19)21(31-14(2)27)22(24(18,25)5)32-15(3)28/h6,13,17-22,26,29-30H,7-12H2,1-5H3. The van der Waals surface area contributed by atoms with E-state index in [1.165, 1.54) is 13.8 Å². The molecular formula is C25H38O7. The number of fused-ring (bicyclic) bond motifs is 5. The number of allylic oxidation sites excluding steroid dienone is 1. The first kappa shape index (κ1) is 23.7. The van der Waals surface area contributed by atoms with E-state index in [0.717, 1.165) is 5.57 Å². The maximum absolute atomic E-state index is 12.4. The highest BCUT2D eigenvalue weighted by Crippen LogP contribution is 2.69. The number of carbonyl (C=O) groups is 2. The largest absolute Gasteiger partial charge is 0.458 e. The maximum Gasteiger partial charge on any atom is 0.303 e. The van der Waals surface area contributed by atoms with E-state index in [0.29, 0.717) is 38.5 Å². The Labute approximate surface area is 190 Å². The number of esters is 2. The van der Waals surface area contributed by atoms with Crippen LogP contribution in [0.4, 0.5) is 0 Å². The lowest BCUT2D eigenvalue weighted by Gasteiger charge is -2.65. The molecule has 32 heavy (non-hydrogen) atoms. The lowest BCUT2D eigenvalue weighted by Crippen LogP contribution is -2.72. The number of aliphatic hydroxyl groups is 3. The summed E-state index contributed by atoms with van der Waals surface area (Å²) in [5.41, 5.74) is -1.41. The number of hydrogen-bond donors (Lipinski definition) is 3. The SMILES string of the molecule is CC(=O)OC1C2C(CC=C3CC(O)CCC32C)C2(O)CCC(C(C)O)C2(C)C1OC(C)=O. The van der Waals surface area contributed by atoms with Crippen LogP contribution >= 0.6 is 0 Å². The average Bonchev–Trinajstić information content (AvgIpc) is 2.97. The molecule has 0 aromatic heterocycles. The van der Waals surface area contributed by atoms with E-state index in [2.05, 4.69) is 13.0 Å². The van der Waals surface area contributed by atoms with Gasteiger partial charge < -0.3 is 24.8 Å². The summed E-state index contributed by atoms with van der Waals surface area (Å²) in [6, 6.07) is 0. The number of rotatable bonds is 3. The highest BCUT2D eigenvalue weighted by molar-refractivity contribution is 5.67. The zero-order valence-corrected chi connectivity index (χ0v) is 19.8. The molecule has 10 atom stereocenters. The molecule has 0 amide bonds. The Kier molecular flexibility index (Phi) is 5.79. The first-order valence-corrected chi connectivity index (χ1v) is 12.0. The predicted molar refractivity (Wildman–Crippen MR) is 116 cm³/mol. The fourth-order valence-electron chi connectivity index (χ4n) is 8.13. The van der Waals surface area contributed by atoms with Gasteiger partial charge in [0.2, 0.25) is 0 Å². The van der Waals surface area contributed by atoms with Crippen molar-refractivity contribution in [2.24, 2.45) is 28.6 Å². The Morgan fingerprint density at radius 3 is 2.38 bits per heavy atom. The summed E-state index contributed by atoms with van der Waals surface area (Å²) in [5.74, 6) is -1.73. The van der Waals surface area contributed by atoms with Crippen molar-refractivity contribution >= 4 is 11.9 Å². The van der Waals surface area contributed by atoms with Gasteiger partial charge in [0.05, 0.1) is 17.8 Å². The van der Waals surface area contributed by atoms with Gasteiger partial charge in [-0.2, -0.15) is 0 Å². The summed E-state index contributed by atoms with van der Waals surface area (Å²) in [6.07, 6.45) is 3.04. The number of ether oxygens (including phenoxy) is 2. The van der Waals surface area contributed by atoms with Crippen LogP contribution in [0.25, 0.3) is 0 Å². The highest BCUT2D eigenvalue weighted by Gasteiger charge is 2.75. The van der Waals surface area contributed by atoms with E-state index in [4.69, 9.17) is 9.47 Å². The van der Waals surface area contributed by atoms with Gasteiger partial charge in [0.25, 0.3) is 0 Å². The van der Waals surface area contributed by atoms with Gasteiger partial charge in [0, 0.05) is 25.2 Å². The van der Waals surface area contributed by atoms with Crippen molar-refractivity contribution in [3.05, 3.63) is 11.6 Å². The van der Waals surface area contributed by atoms with Gasteiger partial charge in [0.15, 0.2) is 0 Å². The van der Waals surface area contributed by atoms with Gasteiger partial charge in [-0.25, -0.2) is 0 Å². The molecule has 0 saturated heterocycles. The second-order valence-corrected chi connectivity index (χ2v) is 11.1. The molecular weight excluding hydrogens is 412 g/mol. The minimum Gasteiger partial charge on any atom is -0.458 e. The van der Waals surface area contributed by atoms with Crippen LogP contribution in [0.5, 0.6) is 0 Å². The normalized spacial score (nSPS) is 48.6. The molecule has 3 N–H and O–H groups in total. The lowest BCUT2D eigenvalue weighted by molar-refractivity contribution is -0.279. The fraction of sp³-hybridized carbons (Fsp3) is 0.840. The number of hydrogen-bond acceptors (Lipinski definition) is 7. The smallest absolute Gasteiger partial charge is 0.303 e. The average molecular weight is 451 g/mol. The van der Waals surface area contributed by atoms with E-state index in [1.54, 1.807) is 6.92 Å². The molecule has 0 heterocycles. The summed E-state index contributed by atoms with van der Waals surface area (Å²) in [4.78, 5) is 24.6. The van der Waals surface area contributed by atoms with Crippen molar-refractivity contribution in [1.82, 2.24) is 0 Å². The van der Waals surface area contributed by atoms with Crippen LogP contribution in [0.2, 0.25) is 0 Å². The third-order valence-electron chi connectivity index (χ3n) is 9.55. The Morgan fingerprint density at radius 2 is 1.78 bits per heavy atom. The number of aliphatic hydroxyl groups excluding tert-OH is 2. The first-order chi connectivity index (χ1) is 14.9. The molecule has 0 spiro atoms. The summed E-state index contributed by atoms with van der Waals surface area (Å²) < 4.78 is 11.9. The Balaban J connectivity index is 1.92. The van der Waals surface area contributed by atoms with E-state index in [-0.39, 0.29) is 23.2 Å². The Bertz CT molecular complexity index is 821. The van der Waals surface area contributed by atoms with Crippen molar-refractivity contribution in [2.75, 3.05) is 0 Å². The van der Waals surface area contributed by atoms with Crippen LogP contribution in [-0.2, 0) is 19.1 Å². The van der Waals surface area contributed by atoms with Crippen LogP contribution in [0, 0.1) is 28.6 Å².